The monoisotopic (exact) mass is 471 g/mol. The van der Waals surface area contributed by atoms with Crippen LogP contribution in [0.2, 0.25) is 5.02 Å². The molecule has 3 aromatic heterocycles. The topological polar surface area (TPSA) is 103 Å². The van der Waals surface area contributed by atoms with E-state index in [0.29, 0.717) is 21.7 Å². The molecule has 8 nitrogen and oxygen atoms in total. The van der Waals surface area contributed by atoms with E-state index in [1.807, 2.05) is 6.07 Å². The molecule has 0 N–H and O–H groups in total. The highest BCUT2D eigenvalue weighted by molar-refractivity contribution is 7.22. The van der Waals surface area contributed by atoms with Crippen molar-refractivity contribution in [3.63, 3.8) is 0 Å². The number of hydrogen-bond acceptors (Lipinski definition) is 7. The van der Waals surface area contributed by atoms with Gasteiger partial charge in [-0.3, -0.25) is 9.36 Å². The van der Waals surface area contributed by atoms with E-state index in [-0.39, 0.29) is 34.1 Å². The van der Waals surface area contributed by atoms with E-state index in [1.54, 1.807) is 19.1 Å². The molecule has 0 saturated heterocycles. The van der Waals surface area contributed by atoms with Crippen LogP contribution in [-0.4, -0.2) is 26.4 Å². The summed E-state index contributed by atoms with van der Waals surface area (Å²) in [6, 6.07) is 7.80. The van der Waals surface area contributed by atoms with Crippen molar-refractivity contribution in [2.45, 2.75) is 19.9 Å². The minimum atomic E-state index is -0.615. The maximum atomic E-state index is 14.0. The van der Waals surface area contributed by atoms with Gasteiger partial charge in [0.1, 0.15) is 4.70 Å². The highest BCUT2D eigenvalue weighted by Crippen LogP contribution is 2.38. The highest BCUT2D eigenvalue weighted by Gasteiger charge is 2.20. The number of thiophene rings is 1. The van der Waals surface area contributed by atoms with Crippen LogP contribution in [0.1, 0.15) is 12.1 Å². The second-order valence-corrected chi connectivity index (χ2v) is 8.29. The summed E-state index contributed by atoms with van der Waals surface area (Å²) >= 11 is 7.37. The smallest absolute Gasteiger partial charge is 0.336 e. The third-order valence-electron chi connectivity index (χ3n) is 4.80. The Hall–Kier alpha value is -3.55. The Bertz CT molecular complexity index is 1520. The van der Waals surface area contributed by atoms with Crippen LogP contribution in [0.5, 0.6) is 5.75 Å². The molecule has 0 aliphatic rings. The summed E-state index contributed by atoms with van der Waals surface area (Å²) in [7, 11) is 1.34. The summed E-state index contributed by atoms with van der Waals surface area (Å²) in [4.78, 5) is 27.1. The molecule has 0 saturated carbocycles. The van der Waals surface area contributed by atoms with Crippen LogP contribution in [-0.2, 0) is 6.54 Å². The third kappa shape index (κ3) is 3.66. The lowest BCUT2D eigenvalue weighted by Gasteiger charge is -2.10. The first-order valence-corrected chi connectivity index (χ1v) is 10.5. The van der Waals surface area contributed by atoms with Crippen molar-refractivity contribution < 1.29 is 9.13 Å². The van der Waals surface area contributed by atoms with Gasteiger partial charge < -0.3 is 4.74 Å². The summed E-state index contributed by atoms with van der Waals surface area (Å²) in [6.07, 6.45) is 1.39. The lowest BCUT2D eigenvalue weighted by atomic mass is 10.1. The van der Waals surface area contributed by atoms with Crippen LogP contribution in [0.4, 0.5) is 4.39 Å². The molecule has 1 aromatic carbocycles. The minimum absolute atomic E-state index is 0.000488. The molecular weight excluding hydrogens is 457 g/mol. The van der Waals surface area contributed by atoms with E-state index in [9.17, 15) is 14.0 Å². The molecule has 32 heavy (non-hydrogen) atoms. The Balaban J connectivity index is 2.05. The first kappa shape index (κ1) is 21.7. The lowest BCUT2D eigenvalue weighted by Crippen LogP contribution is -2.38. The summed E-state index contributed by atoms with van der Waals surface area (Å²) in [5.74, 6) is -0.615. The molecule has 0 unspecified atom stereocenters. The van der Waals surface area contributed by atoms with Gasteiger partial charge in [-0.2, -0.15) is 15.5 Å². The maximum Gasteiger partial charge on any atom is 0.336 e. The van der Waals surface area contributed by atoms with Gasteiger partial charge in [0, 0.05) is 17.0 Å². The number of aryl methyl sites for hydroxylation is 2. The highest BCUT2D eigenvalue weighted by atomic mass is 35.5. The van der Waals surface area contributed by atoms with Gasteiger partial charge in [0.05, 0.1) is 47.7 Å². The zero-order chi connectivity index (χ0) is 23.0. The van der Waals surface area contributed by atoms with Crippen molar-refractivity contribution in [2.75, 3.05) is 7.11 Å². The van der Waals surface area contributed by atoms with Crippen LogP contribution < -0.4 is 16.0 Å². The van der Waals surface area contributed by atoms with Gasteiger partial charge in [-0.1, -0.05) is 11.6 Å². The Morgan fingerprint density at radius 1 is 1.28 bits per heavy atom. The first-order chi connectivity index (χ1) is 15.3. The fourth-order valence-corrected chi connectivity index (χ4v) is 4.77. The molecule has 0 spiro atoms. The van der Waals surface area contributed by atoms with Crippen LogP contribution in [0.25, 0.3) is 26.3 Å². The summed E-state index contributed by atoms with van der Waals surface area (Å²) in [5.41, 5.74) is 0.498. The van der Waals surface area contributed by atoms with Crippen LogP contribution in [0.15, 0.2) is 40.1 Å². The molecule has 0 fully saturated rings. The zero-order valence-electron chi connectivity index (χ0n) is 16.9. The van der Waals surface area contributed by atoms with Crippen molar-refractivity contribution in [1.82, 2.24) is 19.3 Å². The third-order valence-corrected chi connectivity index (χ3v) is 6.26. The fraction of sp³-hybridized carbons (Fsp3) is 0.190. The fourth-order valence-electron chi connectivity index (χ4n) is 3.34. The second-order valence-electron chi connectivity index (χ2n) is 6.83. The molecule has 0 atom stereocenters. The molecule has 4 aromatic rings. The molecule has 162 valence electrons. The number of hydrogen-bond donors (Lipinski definition) is 0. The number of methoxy groups -OCH3 is 1. The lowest BCUT2D eigenvalue weighted by molar-refractivity contribution is 0.387. The molecule has 11 heteroatoms. The number of fused-ring (bicyclic) bond motifs is 1. The summed E-state index contributed by atoms with van der Waals surface area (Å²) < 4.78 is 21.7. The maximum absolute atomic E-state index is 14.0. The van der Waals surface area contributed by atoms with E-state index in [0.717, 1.165) is 22.0 Å². The van der Waals surface area contributed by atoms with Gasteiger partial charge in [-0.25, -0.2) is 13.8 Å². The van der Waals surface area contributed by atoms with Crippen LogP contribution in [0.3, 0.4) is 0 Å². The number of halogens is 2. The molecule has 3 heterocycles. The normalized spacial score (nSPS) is 11.0. The summed E-state index contributed by atoms with van der Waals surface area (Å²) in [6.45, 7) is 1.78. The van der Waals surface area contributed by atoms with Gasteiger partial charge in [0.25, 0.3) is 5.56 Å². The first-order valence-electron chi connectivity index (χ1n) is 9.35. The number of aromatic nitrogens is 4. The number of rotatable bonds is 5. The average molecular weight is 472 g/mol. The van der Waals surface area contributed by atoms with Crippen molar-refractivity contribution in [3.05, 3.63) is 67.8 Å². The van der Waals surface area contributed by atoms with E-state index in [4.69, 9.17) is 21.6 Å². The Morgan fingerprint density at radius 2 is 2.06 bits per heavy atom. The van der Waals surface area contributed by atoms with Gasteiger partial charge in [-0.05, 0) is 31.2 Å². The molecular formula is C21H15ClFN5O3S. The second kappa shape index (κ2) is 8.53. The number of benzene rings is 1. The molecule has 0 bridgehead atoms. The van der Waals surface area contributed by atoms with Crippen molar-refractivity contribution in [1.29, 1.82) is 5.26 Å². The summed E-state index contributed by atoms with van der Waals surface area (Å²) in [5, 5.41) is 16.9. The Labute approximate surface area is 189 Å². The van der Waals surface area contributed by atoms with Crippen LogP contribution >= 0.6 is 22.9 Å². The van der Waals surface area contributed by atoms with Gasteiger partial charge in [-0.15, -0.1) is 11.3 Å². The number of nitrogens with zero attached hydrogens (tertiary/aromatic N) is 5. The van der Waals surface area contributed by atoms with Gasteiger partial charge in [0.15, 0.2) is 11.6 Å². The predicted molar refractivity (Wildman–Crippen MR) is 119 cm³/mol. The number of nitriles is 1. The van der Waals surface area contributed by atoms with Gasteiger partial charge in [0.2, 0.25) is 0 Å². The quantitative estimate of drug-likeness (QED) is 0.439. The van der Waals surface area contributed by atoms with E-state index >= 15 is 0 Å². The van der Waals surface area contributed by atoms with E-state index in [2.05, 4.69) is 10.2 Å². The zero-order valence-corrected chi connectivity index (χ0v) is 18.5. The Morgan fingerprint density at radius 3 is 2.75 bits per heavy atom. The van der Waals surface area contributed by atoms with E-state index in [1.165, 1.54) is 23.9 Å². The minimum Gasteiger partial charge on any atom is -0.494 e. The SMILES string of the molecule is COc1cc(-c2cc3c(s2)c(=O)n(-c2cnnc(C)c2)c(=O)n3CCC#N)c(Cl)cc1F. The van der Waals surface area contributed by atoms with E-state index < -0.39 is 17.1 Å². The molecule has 4 rings (SSSR count). The molecule has 0 aliphatic carbocycles. The standard InChI is InChI=1S/C21H15ClFN5O3S/c1-11-6-12(10-25-26-11)28-20(29)19-16(27(21(28)30)5-3-4-24)9-18(32-19)13-7-17(31-2)15(23)8-14(13)22/h6-10H,3,5H2,1-2H3. The molecule has 0 aliphatic heterocycles. The van der Waals surface area contributed by atoms with Gasteiger partial charge >= 0.3 is 5.69 Å². The predicted octanol–water partition coefficient (Wildman–Crippen LogP) is 3.69. The van der Waals surface area contributed by atoms with Crippen molar-refractivity contribution >= 4 is 33.2 Å². The van der Waals surface area contributed by atoms with Crippen LogP contribution in [0, 0.1) is 24.1 Å². The van der Waals surface area contributed by atoms with Crippen molar-refractivity contribution in [3.8, 4) is 27.9 Å². The average Bonchev–Trinajstić information content (AvgIpc) is 3.19. The molecule has 0 radical (unpaired) electrons. The Kier molecular flexibility index (Phi) is 5.78. The van der Waals surface area contributed by atoms with Crippen molar-refractivity contribution in [2.24, 2.45) is 0 Å². The molecule has 0 amide bonds. The largest absolute Gasteiger partial charge is 0.494 e. The number of ether oxygens (including phenoxy) is 1.